The van der Waals surface area contributed by atoms with Gasteiger partial charge in [-0.25, -0.2) is 4.98 Å². The highest BCUT2D eigenvalue weighted by molar-refractivity contribution is 5.79. The first-order valence-corrected chi connectivity index (χ1v) is 8.17. The molecule has 4 rings (SSSR count). The van der Waals surface area contributed by atoms with E-state index in [1.807, 2.05) is 24.3 Å². The van der Waals surface area contributed by atoms with Crippen LogP contribution in [0.3, 0.4) is 0 Å². The number of ether oxygens (including phenoxy) is 1. The highest BCUT2D eigenvalue weighted by Crippen LogP contribution is 2.29. The van der Waals surface area contributed by atoms with Crippen molar-refractivity contribution in [3.05, 3.63) is 57.5 Å². The fraction of sp³-hybridized carbons (Fsp3) is 0.294. The summed E-state index contributed by atoms with van der Waals surface area (Å²) in [5, 5.41) is 2.63. The molecule has 0 bridgehead atoms. The van der Waals surface area contributed by atoms with Gasteiger partial charge in [0, 0.05) is 25.7 Å². The number of methoxy groups -OCH3 is 1. The number of fused-ring (bicyclic) bond motifs is 2. The first kappa shape index (κ1) is 16.3. The molecule has 26 heavy (non-hydrogen) atoms. The zero-order valence-corrected chi connectivity index (χ0v) is 14.2. The topological polar surface area (TPSA) is 119 Å². The van der Waals surface area contributed by atoms with Crippen LogP contribution in [0, 0.1) is 0 Å². The van der Waals surface area contributed by atoms with Crippen molar-refractivity contribution in [3.8, 4) is 0 Å². The van der Waals surface area contributed by atoms with Crippen molar-refractivity contribution in [2.75, 3.05) is 19.4 Å². The third kappa shape index (κ3) is 2.82. The maximum absolute atomic E-state index is 12.2. The normalized spacial score (nSPS) is 17.2. The number of benzene rings is 1. The first-order valence-electron chi connectivity index (χ1n) is 8.17. The quantitative estimate of drug-likeness (QED) is 0.648. The van der Waals surface area contributed by atoms with Gasteiger partial charge >= 0.3 is 5.97 Å². The van der Waals surface area contributed by atoms with Gasteiger partial charge in [-0.2, -0.15) is 9.50 Å². The minimum Gasteiger partial charge on any atom is -0.469 e. The lowest BCUT2D eigenvalue weighted by Crippen LogP contribution is -2.37. The number of nitrogen functional groups attached to an aromatic ring is 1. The van der Waals surface area contributed by atoms with Crippen LogP contribution in [0.1, 0.15) is 22.7 Å². The van der Waals surface area contributed by atoms with Gasteiger partial charge in [0.15, 0.2) is 0 Å². The molecule has 1 aliphatic rings. The van der Waals surface area contributed by atoms with Crippen molar-refractivity contribution in [1.82, 2.24) is 24.5 Å². The fourth-order valence-corrected chi connectivity index (χ4v) is 3.40. The molecule has 0 aliphatic carbocycles. The summed E-state index contributed by atoms with van der Waals surface area (Å²) >= 11 is 0. The maximum Gasteiger partial charge on any atom is 0.314 e. The number of aromatic nitrogens is 4. The Labute approximate surface area is 148 Å². The van der Waals surface area contributed by atoms with Crippen LogP contribution < -0.4 is 11.3 Å². The number of H-pyrrole nitrogens is 1. The highest BCUT2D eigenvalue weighted by Gasteiger charge is 2.31. The summed E-state index contributed by atoms with van der Waals surface area (Å²) in [6.45, 7) is 1.57. The van der Waals surface area contributed by atoms with Crippen molar-refractivity contribution in [1.29, 1.82) is 0 Å². The van der Waals surface area contributed by atoms with E-state index in [0.29, 0.717) is 25.3 Å². The standard InChI is InChI=1S/C17H18N6O3/c1-26-15(25)13-9-22(7-10-4-2-3-5-12(10)13)8-11-6-14(24)23-17(19-11)20-16(18)21-23/h2-6,13H,7-9H2,1H3,(H3,18,19,20,21). The number of hydrogen-bond acceptors (Lipinski definition) is 7. The monoisotopic (exact) mass is 354 g/mol. The Morgan fingerprint density at radius 3 is 3.00 bits per heavy atom. The summed E-state index contributed by atoms with van der Waals surface area (Å²) in [5.74, 6) is -0.280. The Kier molecular flexibility index (Phi) is 3.92. The SMILES string of the molecule is COC(=O)C1CN(Cc2cc(=O)n3[nH]c(N)nc3n2)Cc2ccccc21. The molecule has 3 heterocycles. The molecule has 1 unspecified atom stereocenters. The van der Waals surface area contributed by atoms with Crippen LogP contribution in [0.5, 0.6) is 0 Å². The minimum absolute atomic E-state index is 0.129. The van der Waals surface area contributed by atoms with Gasteiger partial charge in [0.05, 0.1) is 18.7 Å². The van der Waals surface area contributed by atoms with Gasteiger partial charge in [0.25, 0.3) is 11.3 Å². The second kappa shape index (κ2) is 6.26. The third-order valence-corrected chi connectivity index (χ3v) is 4.54. The summed E-state index contributed by atoms with van der Waals surface area (Å²) in [4.78, 5) is 34.8. The van der Waals surface area contributed by atoms with Crippen LogP contribution in [0.15, 0.2) is 35.1 Å². The largest absolute Gasteiger partial charge is 0.469 e. The van der Waals surface area contributed by atoms with Gasteiger partial charge in [-0.3, -0.25) is 19.6 Å². The van der Waals surface area contributed by atoms with E-state index in [1.165, 1.54) is 17.7 Å². The Balaban J connectivity index is 1.65. The van der Waals surface area contributed by atoms with Gasteiger partial charge < -0.3 is 10.5 Å². The molecule has 1 atom stereocenters. The second-order valence-corrected chi connectivity index (χ2v) is 6.27. The molecule has 0 saturated carbocycles. The van der Waals surface area contributed by atoms with E-state index in [0.717, 1.165) is 11.1 Å². The van der Waals surface area contributed by atoms with Gasteiger partial charge in [-0.15, -0.1) is 0 Å². The number of nitrogens with zero attached hydrogens (tertiary/aromatic N) is 4. The molecule has 134 valence electrons. The van der Waals surface area contributed by atoms with Gasteiger partial charge in [-0.1, -0.05) is 24.3 Å². The number of aromatic amines is 1. The van der Waals surface area contributed by atoms with Crippen LogP contribution in [0.4, 0.5) is 5.95 Å². The van der Waals surface area contributed by atoms with Crippen molar-refractivity contribution >= 4 is 17.7 Å². The predicted molar refractivity (Wildman–Crippen MR) is 93.3 cm³/mol. The third-order valence-electron chi connectivity index (χ3n) is 4.54. The smallest absolute Gasteiger partial charge is 0.314 e. The Morgan fingerprint density at radius 1 is 1.38 bits per heavy atom. The molecular formula is C17H18N6O3. The molecule has 1 aromatic carbocycles. The van der Waals surface area contributed by atoms with Crippen LogP contribution >= 0.6 is 0 Å². The molecule has 0 radical (unpaired) electrons. The average Bonchev–Trinajstić information content (AvgIpc) is 3.01. The minimum atomic E-state index is -0.365. The predicted octanol–water partition coefficient (Wildman–Crippen LogP) is 0.272. The van der Waals surface area contributed by atoms with E-state index in [4.69, 9.17) is 10.5 Å². The highest BCUT2D eigenvalue weighted by atomic mass is 16.5. The molecule has 3 aromatic rings. The van der Waals surface area contributed by atoms with Crippen molar-refractivity contribution in [2.45, 2.75) is 19.0 Å². The lowest BCUT2D eigenvalue weighted by Gasteiger charge is -2.33. The second-order valence-electron chi connectivity index (χ2n) is 6.27. The molecule has 0 fully saturated rings. The molecule has 9 nitrogen and oxygen atoms in total. The zero-order valence-electron chi connectivity index (χ0n) is 14.2. The van der Waals surface area contributed by atoms with Gasteiger partial charge in [-0.05, 0) is 11.1 Å². The summed E-state index contributed by atoms with van der Waals surface area (Å²) in [6, 6.07) is 9.26. The van der Waals surface area contributed by atoms with E-state index >= 15 is 0 Å². The zero-order chi connectivity index (χ0) is 18.3. The number of carbonyl (C=O) groups excluding carboxylic acids is 1. The number of carbonyl (C=O) groups is 1. The fourth-order valence-electron chi connectivity index (χ4n) is 3.40. The van der Waals surface area contributed by atoms with Crippen LogP contribution in [0.2, 0.25) is 0 Å². The molecule has 0 saturated heterocycles. The summed E-state index contributed by atoms with van der Waals surface area (Å²) in [5.41, 5.74) is 7.93. The number of nitrogens with two attached hydrogens (primary N) is 1. The Morgan fingerprint density at radius 2 is 2.19 bits per heavy atom. The summed E-state index contributed by atoms with van der Waals surface area (Å²) < 4.78 is 6.16. The van der Waals surface area contributed by atoms with E-state index in [1.54, 1.807) is 0 Å². The maximum atomic E-state index is 12.2. The average molecular weight is 354 g/mol. The number of hydrogen-bond donors (Lipinski definition) is 2. The van der Waals surface area contributed by atoms with Crippen LogP contribution in [0.25, 0.3) is 5.78 Å². The number of nitrogens with one attached hydrogen (secondary N) is 1. The van der Waals surface area contributed by atoms with E-state index in [9.17, 15) is 9.59 Å². The first-order chi connectivity index (χ1) is 12.5. The van der Waals surface area contributed by atoms with Crippen molar-refractivity contribution in [3.63, 3.8) is 0 Å². The number of esters is 1. The van der Waals surface area contributed by atoms with Crippen LogP contribution in [-0.4, -0.2) is 44.1 Å². The summed E-state index contributed by atoms with van der Waals surface area (Å²) in [7, 11) is 1.39. The Hall–Kier alpha value is -3.20. The molecule has 9 heteroatoms. The molecular weight excluding hydrogens is 336 g/mol. The van der Waals surface area contributed by atoms with Gasteiger partial charge in [0.1, 0.15) is 0 Å². The molecule has 0 amide bonds. The van der Waals surface area contributed by atoms with E-state index < -0.39 is 0 Å². The van der Waals surface area contributed by atoms with Crippen molar-refractivity contribution < 1.29 is 9.53 Å². The van der Waals surface area contributed by atoms with Crippen LogP contribution in [-0.2, 0) is 22.6 Å². The van der Waals surface area contributed by atoms with Crippen molar-refractivity contribution in [2.24, 2.45) is 0 Å². The molecule has 0 spiro atoms. The van der Waals surface area contributed by atoms with E-state index in [2.05, 4.69) is 20.0 Å². The Bertz CT molecular complexity index is 1040. The molecule has 2 aromatic heterocycles. The summed E-state index contributed by atoms with van der Waals surface area (Å²) in [6.07, 6.45) is 0. The molecule has 3 N–H and O–H groups in total. The van der Waals surface area contributed by atoms with E-state index in [-0.39, 0.29) is 29.2 Å². The lowest BCUT2D eigenvalue weighted by atomic mass is 9.89. The van der Waals surface area contributed by atoms with Gasteiger partial charge in [0.2, 0.25) is 5.95 Å². The number of anilines is 1. The molecule has 1 aliphatic heterocycles. The number of rotatable bonds is 3. The lowest BCUT2D eigenvalue weighted by molar-refractivity contribution is -0.143.